The lowest BCUT2D eigenvalue weighted by Crippen LogP contribution is -2.12. The zero-order valence-electron chi connectivity index (χ0n) is 7.50. The van der Waals surface area contributed by atoms with E-state index in [1.54, 1.807) is 0 Å². The summed E-state index contributed by atoms with van der Waals surface area (Å²) in [5, 5.41) is 7.63. The lowest BCUT2D eigenvalue weighted by molar-refractivity contribution is -0.116. The SMILES string of the molecule is NC(=O)CSc1nnc(SCC(N)=O)s1. The van der Waals surface area contributed by atoms with Gasteiger partial charge in [-0.1, -0.05) is 34.9 Å². The number of amides is 2. The topological polar surface area (TPSA) is 112 Å². The van der Waals surface area contributed by atoms with Gasteiger partial charge in [0.1, 0.15) is 0 Å². The summed E-state index contributed by atoms with van der Waals surface area (Å²) in [4.78, 5) is 21.0. The van der Waals surface area contributed by atoms with Crippen molar-refractivity contribution in [3.05, 3.63) is 0 Å². The standard InChI is InChI=1S/C6H8N4O2S3/c7-3(11)1-13-5-9-10-6(15-5)14-2-4(8)12/h1-2H2,(H2,7,11)(H2,8,12). The van der Waals surface area contributed by atoms with Crippen molar-refractivity contribution in [3.63, 3.8) is 0 Å². The molecule has 4 N–H and O–H groups in total. The number of aromatic nitrogens is 2. The maximum atomic E-state index is 10.5. The van der Waals surface area contributed by atoms with Gasteiger partial charge < -0.3 is 11.5 Å². The zero-order chi connectivity index (χ0) is 11.3. The summed E-state index contributed by atoms with van der Waals surface area (Å²) in [7, 11) is 0. The smallest absolute Gasteiger partial charge is 0.227 e. The van der Waals surface area contributed by atoms with Gasteiger partial charge in [-0.2, -0.15) is 0 Å². The number of hydrogen-bond donors (Lipinski definition) is 2. The van der Waals surface area contributed by atoms with Crippen LogP contribution in [0.2, 0.25) is 0 Å². The molecule has 0 spiro atoms. The van der Waals surface area contributed by atoms with E-state index in [1.807, 2.05) is 0 Å². The van der Waals surface area contributed by atoms with E-state index in [-0.39, 0.29) is 11.5 Å². The van der Waals surface area contributed by atoms with Gasteiger partial charge in [0.2, 0.25) is 11.8 Å². The molecular weight excluding hydrogens is 256 g/mol. The first-order valence-corrected chi connectivity index (χ1v) is 6.52. The highest BCUT2D eigenvalue weighted by Crippen LogP contribution is 2.28. The molecule has 1 aromatic heterocycles. The Morgan fingerprint density at radius 2 is 1.47 bits per heavy atom. The number of carbonyl (C=O) groups is 2. The number of thioether (sulfide) groups is 2. The third kappa shape index (κ3) is 5.00. The Bertz CT molecular complexity index is 335. The van der Waals surface area contributed by atoms with Gasteiger partial charge in [-0.15, -0.1) is 10.2 Å². The fourth-order valence-corrected chi connectivity index (χ4v) is 3.08. The van der Waals surface area contributed by atoms with Crippen LogP contribution in [-0.2, 0) is 9.59 Å². The Hall–Kier alpha value is -0.800. The second-order valence-electron chi connectivity index (χ2n) is 2.34. The Kier molecular flexibility index (Phi) is 4.85. The molecule has 6 nitrogen and oxygen atoms in total. The molecule has 0 bridgehead atoms. The average Bonchev–Trinajstić information content (AvgIpc) is 2.59. The minimum absolute atomic E-state index is 0.176. The summed E-state index contributed by atoms with van der Waals surface area (Å²) >= 11 is 3.75. The molecule has 0 saturated heterocycles. The molecule has 9 heteroatoms. The van der Waals surface area contributed by atoms with Crippen LogP contribution in [0, 0.1) is 0 Å². The van der Waals surface area contributed by atoms with E-state index in [0.717, 1.165) is 0 Å². The molecule has 0 aliphatic rings. The highest BCUT2D eigenvalue weighted by Gasteiger charge is 2.07. The summed E-state index contributed by atoms with van der Waals surface area (Å²) in [6.07, 6.45) is 0. The molecule has 0 aromatic carbocycles. The normalized spacial score (nSPS) is 10.1. The third-order valence-electron chi connectivity index (χ3n) is 1.06. The molecule has 0 unspecified atom stereocenters. The number of nitrogens with zero attached hydrogens (tertiary/aromatic N) is 2. The van der Waals surface area contributed by atoms with Gasteiger partial charge in [0.15, 0.2) is 8.68 Å². The lowest BCUT2D eigenvalue weighted by Gasteiger charge is -1.90. The molecular formula is C6H8N4O2S3. The van der Waals surface area contributed by atoms with Gasteiger partial charge in [-0.25, -0.2) is 0 Å². The highest BCUT2D eigenvalue weighted by atomic mass is 32.2. The van der Waals surface area contributed by atoms with Gasteiger partial charge in [0.05, 0.1) is 11.5 Å². The van der Waals surface area contributed by atoms with Crippen molar-refractivity contribution in [1.29, 1.82) is 0 Å². The van der Waals surface area contributed by atoms with Crippen molar-refractivity contribution < 1.29 is 9.59 Å². The maximum absolute atomic E-state index is 10.5. The second kappa shape index (κ2) is 5.93. The van der Waals surface area contributed by atoms with E-state index >= 15 is 0 Å². The Morgan fingerprint density at radius 3 is 1.80 bits per heavy atom. The molecule has 1 aromatic rings. The van der Waals surface area contributed by atoms with Crippen LogP contribution < -0.4 is 11.5 Å². The number of carbonyl (C=O) groups excluding carboxylic acids is 2. The van der Waals surface area contributed by atoms with E-state index in [0.29, 0.717) is 8.68 Å². The molecule has 1 rings (SSSR count). The van der Waals surface area contributed by atoms with Crippen molar-refractivity contribution in [2.75, 3.05) is 11.5 Å². The maximum Gasteiger partial charge on any atom is 0.227 e. The van der Waals surface area contributed by atoms with Gasteiger partial charge in [-0.05, 0) is 0 Å². The molecule has 0 aliphatic carbocycles. The molecule has 15 heavy (non-hydrogen) atoms. The van der Waals surface area contributed by atoms with E-state index in [4.69, 9.17) is 11.5 Å². The van der Waals surface area contributed by atoms with Gasteiger partial charge in [0, 0.05) is 0 Å². The van der Waals surface area contributed by atoms with Crippen molar-refractivity contribution in [2.45, 2.75) is 8.68 Å². The van der Waals surface area contributed by atoms with Crippen LogP contribution in [0.15, 0.2) is 8.68 Å². The lowest BCUT2D eigenvalue weighted by atomic mass is 10.8. The first-order chi connectivity index (χ1) is 7.08. The molecule has 82 valence electrons. The third-order valence-corrected chi connectivity index (χ3v) is 4.30. The summed E-state index contributed by atoms with van der Waals surface area (Å²) in [6.45, 7) is 0. The summed E-state index contributed by atoms with van der Waals surface area (Å²) in [6, 6.07) is 0. The number of primary amides is 2. The minimum atomic E-state index is -0.401. The van der Waals surface area contributed by atoms with E-state index in [9.17, 15) is 9.59 Å². The van der Waals surface area contributed by atoms with Crippen LogP contribution in [0.25, 0.3) is 0 Å². The van der Waals surface area contributed by atoms with Crippen LogP contribution in [0.4, 0.5) is 0 Å². The number of hydrogen-bond acceptors (Lipinski definition) is 7. The second-order valence-corrected chi connectivity index (χ2v) is 5.77. The summed E-state index contributed by atoms with van der Waals surface area (Å²) in [5.41, 5.74) is 9.95. The number of nitrogens with two attached hydrogens (primary N) is 2. The predicted molar refractivity (Wildman–Crippen MR) is 59.7 cm³/mol. The van der Waals surface area contributed by atoms with Crippen molar-refractivity contribution in [1.82, 2.24) is 10.2 Å². The van der Waals surface area contributed by atoms with Crippen molar-refractivity contribution >= 4 is 46.7 Å². The monoisotopic (exact) mass is 264 g/mol. The van der Waals surface area contributed by atoms with Crippen LogP contribution in [-0.4, -0.2) is 33.5 Å². The average molecular weight is 264 g/mol. The fraction of sp³-hybridized carbons (Fsp3) is 0.333. The molecule has 0 fully saturated rings. The largest absolute Gasteiger partial charge is 0.369 e. The van der Waals surface area contributed by atoms with Crippen LogP contribution in [0.5, 0.6) is 0 Å². The summed E-state index contributed by atoms with van der Waals surface area (Å²) in [5.74, 6) is -0.451. The molecule has 0 saturated carbocycles. The highest BCUT2D eigenvalue weighted by molar-refractivity contribution is 8.03. The Balaban J connectivity index is 2.41. The quantitative estimate of drug-likeness (QED) is 0.682. The first-order valence-electron chi connectivity index (χ1n) is 3.73. The molecule has 2 amide bonds. The molecule has 0 radical (unpaired) electrons. The zero-order valence-corrected chi connectivity index (χ0v) is 9.95. The van der Waals surface area contributed by atoms with E-state index in [1.165, 1.54) is 34.9 Å². The minimum Gasteiger partial charge on any atom is -0.369 e. The van der Waals surface area contributed by atoms with Gasteiger partial charge in [0.25, 0.3) is 0 Å². The fourth-order valence-electron chi connectivity index (χ4n) is 0.580. The Labute approximate surface area is 98.2 Å². The molecule has 0 aliphatic heterocycles. The Morgan fingerprint density at radius 1 is 1.07 bits per heavy atom. The van der Waals surface area contributed by atoms with Crippen molar-refractivity contribution in [3.8, 4) is 0 Å². The van der Waals surface area contributed by atoms with Gasteiger partial charge in [-0.3, -0.25) is 9.59 Å². The molecule has 0 atom stereocenters. The van der Waals surface area contributed by atoms with E-state index < -0.39 is 11.8 Å². The number of rotatable bonds is 6. The molecule has 1 heterocycles. The van der Waals surface area contributed by atoms with E-state index in [2.05, 4.69) is 10.2 Å². The van der Waals surface area contributed by atoms with Gasteiger partial charge >= 0.3 is 0 Å². The summed E-state index contributed by atoms with van der Waals surface area (Å²) < 4.78 is 1.31. The van der Waals surface area contributed by atoms with Crippen LogP contribution >= 0.6 is 34.9 Å². The van der Waals surface area contributed by atoms with Crippen LogP contribution in [0.3, 0.4) is 0 Å². The predicted octanol–water partition coefficient (Wildman–Crippen LogP) is -0.307. The van der Waals surface area contributed by atoms with Crippen molar-refractivity contribution in [2.24, 2.45) is 11.5 Å². The first kappa shape index (κ1) is 12.3. The van der Waals surface area contributed by atoms with Crippen LogP contribution in [0.1, 0.15) is 0 Å².